The van der Waals surface area contributed by atoms with Crippen LogP contribution in [0.25, 0.3) is 0 Å². The Morgan fingerprint density at radius 2 is 1.71 bits per heavy atom. The zero-order valence-corrected chi connectivity index (χ0v) is 13.0. The Morgan fingerprint density at radius 1 is 1.05 bits per heavy atom. The van der Waals surface area contributed by atoms with Crippen LogP contribution in [0.15, 0.2) is 41.3 Å². The summed E-state index contributed by atoms with van der Waals surface area (Å²) in [6, 6.07) is 9.35. The second-order valence-electron chi connectivity index (χ2n) is 4.97. The van der Waals surface area contributed by atoms with Crippen LogP contribution in [0.1, 0.15) is 23.6 Å². The lowest BCUT2D eigenvalue weighted by atomic mass is 10.0. The number of rotatable bonds is 5. The third-order valence-corrected chi connectivity index (χ3v) is 4.90. The van der Waals surface area contributed by atoms with Crippen molar-refractivity contribution in [1.29, 1.82) is 0 Å². The first-order valence-corrected chi connectivity index (χ1v) is 8.25. The van der Waals surface area contributed by atoms with E-state index in [4.69, 9.17) is 0 Å². The van der Waals surface area contributed by atoms with Gasteiger partial charge in [0.25, 0.3) is 0 Å². The molecule has 0 aliphatic heterocycles. The van der Waals surface area contributed by atoms with Gasteiger partial charge in [-0.1, -0.05) is 19.1 Å². The fourth-order valence-electron chi connectivity index (χ4n) is 2.22. The molecular weight excluding hydrogens is 290 g/mol. The van der Waals surface area contributed by atoms with Gasteiger partial charge in [-0.05, 0) is 60.7 Å². The molecule has 0 fully saturated rings. The first-order valence-electron chi connectivity index (χ1n) is 6.93. The third-order valence-electron chi connectivity index (χ3n) is 3.45. The molecule has 0 bridgehead atoms. The summed E-state index contributed by atoms with van der Waals surface area (Å²) in [5.74, 6) is -0.0310. The van der Waals surface area contributed by atoms with E-state index in [1.807, 2.05) is 6.92 Å². The number of benzene rings is 2. The Hall–Kier alpha value is -1.55. The van der Waals surface area contributed by atoms with E-state index in [9.17, 15) is 13.0 Å². The number of halogens is 2. The fraction of sp³-hybridized carbons (Fsp3) is 0.294. The summed E-state index contributed by atoms with van der Waals surface area (Å²) in [6.45, 7) is 3.62. The summed E-state index contributed by atoms with van der Waals surface area (Å²) in [5, 5.41) is 0. The lowest BCUT2D eigenvalue weighted by Crippen LogP contribution is -2.02. The monoisotopic (exact) mass is 308 g/mol. The van der Waals surface area contributed by atoms with Gasteiger partial charge in [-0.15, -0.1) is 0 Å². The number of aryl methyl sites for hydroxylation is 3. The van der Waals surface area contributed by atoms with Crippen molar-refractivity contribution >= 4 is 10.8 Å². The van der Waals surface area contributed by atoms with Crippen LogP contribution >= 0.6 is 0 Å². The lowest BCUT2D eigenvalue weighted by Gasteiger charge is -2.10. The van der Waals surface area contributed by atoms with Crippen LogP contribution in [0.4, 0.5) is 8.78 Å². The topological polar surface area (TPSA) is 17.1 Å². The molecule has 2 aromatic rings. The Labute approximate surface area is 126 Å². The first-order chi connectivity index (χ1) is 10.0. The maximum Gasteiger partial charge on any atom is 0.126 e. The van der Waals surface area contributed by atoms with Gasteiger partial charge in [0.15, 0.2) is 0 Å². The maximum absolute atomic E-state index is 14.0. The lowest BCUT2D eigenvalue weighted by molar-refractivity contribution is 0.604. The van der Waals surface area contributed by atoms with Gasteiger partial charge >= 0.3 is 0 Å². The molecule has 0 aliphatic rings. The van der Waals surface area contributed by atoms with E-state index in [1.165, 1.54) is 18.2 Å². The van der Waals surface area contributed by atoms with Gasteiger partial charge in [0.1, 0.15) is 11.6 Å². The van der Waals surface area contributed by atoms with Crippen LogP contribution in [0, 0.1) is 18.6 Å². The van der Waals surface area contributed by atoms with Crippen LogP contribution in [-0.4, -0.2) is 9.96 Å². The Bertz CT molecular complexity index is 651. The van der Waals surface area contributed by atoms with Crippen LogP contribution in [-0.2, 0) is 23.6 Å². The molecule has 1 unspecified atom stereocenters. The summed E-state index contributed by atoms with van der Waals surface area (Å²) < 4.78 is 38.8. The molecule has 2 aromatic carbocycles. The Kier molecular flexibility index (Phi) is 5.23. The summed E-state index contributed by atoms with van der Waals surface area (Å²) in [7, 11) is -1.09. The normalized spacial score (nSPS) is 12.4. The van der Waals surface area contributed by atoms with Gasteiger partial charge in [-0.2, -0.15) is 0 Å². The van der Waals surface area contributed by atoms with Gasteiger partial charge in [0, 0.05) is 10.6 Å². The highest BCUT2D eigenvalue weighted by Gasteiger charge is 2.11. The third kappa shape index (κ3) is 3.97. The van der Waals surface area contributed by atoms with Gasteiger partial charge in [-0.25, -0.2) is 8.78 Å². The average molecular weight is 308 g/mol. The molecule has 0 saturated heterocycles. The average Bonchev–Trinajstić information content (AvgIpc) is 2.47. The fourth-order valence-corrected chi connectivity index (χ4v) is 3.22. The summed E-state index contributed by atoms with van der Waals surface area (Å²) in [6.07, 6.45) is 1.13. The van der Waals surface area contributed by atoms with Gasteiger partial charge in [0.2, 0.25) is 0 Å². The van der Waals surface area contributed by atoms with Crippen molar-refractivity contribution in [2.75, 3.05) is 5.75 Å². The highest BCUT2D eigenvalue weighted by atomic mass is 32.2. The van der Waals surface area contributed by atoms with Gasteiger partial charge in [-0.3, -0.25) is 4.21 Å². The second-order valence-corrected chi connectivity index (χ2v) is 6.68. The van der Waals surface area contributed by atoms with Crippen molar-refractivity contribution in [3.63, 3.8) is 0 Å². The molecule has 0 amide bonds. The van der Waals surface area contributed by atoms with E-state index in [1.54, 1.807) is 25.1 Å². The highest BCUT2D eigenvalue weighted by Crippen LogP contribution is 2.20. The molecule has 1 nitrogen and oxygen atoms in total. The first kappa shape index (κ1) is 15.8. The van der Waals surface area contributed by atoms with Crippen molar-refractivity contribution in [2.45, 2.75) is 31.6 Å². The second kappa shape index (κ2) is 6.94. The van der Waals surface area contributed by atoms with Crippen LogP contribution in [0.2, 0.25) is 0 Å². The largest absolute Gasteiger partial charge is 0.254 e. The molecule has 0 aromatic heterocycles. The minimum absolute atomic E-state index is 0.272. The summed E-state index contributed by atoms with van der Waals surface area (Å²) in [4.78, 5) is 0.702. The standard InChI is InChI=1S/C17H18F2OS/c1-3-21(20)17-11-14(16(19)10-12(17)2)7-4-13-5-8-15(18)9-6-13/h5-6,8-11H,3-4,7H2,1-2H3. The van der Waals surface area contributed by atoms with E-state index in [0.29, 0.717) is 29.1 Å². The highest BCUT2D eigenvalue weighted by molar-refractivity contribution is 7.85. The van der Waals surface area contributed by atoms with E-state index >= 15 is 0 Å². The van der Waals surface area contributed by atoms with Gasteiger partial charge in [0.05, 0.1) is 10.8 Å². The molecule has 21 heavy (non-hydrogen) atoms. The van der Waals surface area contributed by atoms with E-state index in [-0.39, 0.29) is 11.6 Å². The van der Waals surface area contributed by atoms with Crippen LogP contribution in [0.5, 0.6) is 0 Å². The van der Waals surface area contributed by atoms with E-state index in [2.05, 4.69) is 0 Å². The van der Waals surface area contributed by atoms with Crippen LogP contribution in [0.3, 0.4) is 0 Å². The van der Waals surface area contributed by atoms with Crippen molar-refractivity contribution in [3.8, 4) is 0 Å². The quantitative estimate of drug-likeness (QED) is 0.809. The molecule has 1 atom stereocenters. The van der Waals surface area contributed by atoms with Crippen molar-refractivity contribution in [1.82, 2.24) is 0 Å². The van der Waals surface area contributed by atoms with Crippen LogP contribution < -0.4 is 0 Å². The SMILES string of the molecule is CCS(=O)c1cc(CCc2ccc(F)cc2)c(F)cc1C. The molecule has 0 aliphatic carbocycles. The van der Waals surface area contributed by atoms with Crippen molar-refractivity contribution in [2.24, 2.45) is 0 Å². The zero-order chi connectivity index (χ0) is 15.4. The Morgan fingerprint density at radius 3 is 2.33 bits per heavy atom. The molecule has 0 radical (unpaired) electrons. The zero-order valence-electron chi connectivity index (χ0n) is 12.2. The molecule has 112 valence electrons. The maximum atomic E-state index is 14.0. The number of hydrogen-bond acceptors (Lipinski definition) is 1. The van der Waals surface area contributed by atoms with E-state index in [0.717, 1.165) is 11.1 Å². The van der Waals surface area contributed by atoms with Crippen molar-refractivity contribution in [3.05, 3.63) is 64.7 Å². The molecule has 0 heterocycles. The number of hydrogen-bond donors (Lipinski definition) is 0. The minimum Gasteiger partial charge on any atom is -0.254 e. The Balaban J connectivity index is 2.19. The molecule has 4 heteroatoms. The summed E-state index contributed by atoms with van der Waals surface area (Å²) in [5.41, 5.74) is 2.23. The predicted octanol–water partition coefficient (Wildman–Crippen LogP) is 4.19. The molecule has 2 rings (SSSR count). The molecular formula is C17H18F2OS. The summed E-state index contributed by atoms with van der Waals surface area (Å²) >= 11 is 0. The minimum atomic E-state index is -1.09. The predicted molar refractivity (Wildman–Crippen MR) is 81.9 cm³/mol. The molecule has 0 spiro atoms. The van der Waals surface area contributed by atoms with Gasteiger partial charge < -0.3 is 0 Å². The molecule has 0 saturated carbocycles. The molecule has 0 N–H and O–H groups in total. The van der Waals surface area contributed by atoms with E-state index < -0.39 is 10.8 Å². The smallest absolute Gasteiger partial charge is 0.126 e. The van der Waals surface area contributed by atoms with Crippen molar-refractivity contribution < 1.29 is 13.0 Å².